The summed E-state index contributed by atoms with van der Waals surface area (Å²) in [5.41, 5.74) is 1.04. The Morgan fingerprint density at radius 1 is 1.16 bits per heavy atom. The third kappa shape index (κ3) is 4.66. The number of fused-ring (bicyclic) bond motifs is 1. The Hall–Kier alpha value is -2.21. The standard InChI is InChI=1S/C19H22N2O3S/c1-14(2)21(19(22)13-25-16-5-7-20-8-6-16)12-15-3-4-17-18(11-15)24-10-9-23-17/h3-8,11,14H,9-10,12-13H2,1-2H3. The number of benzene rings is 1. The van der Waals surface area contributed by atoms with Crippen molar-refractivity contribution in [1.82, 2.24) is 9.88 Å². The van der Waals surface area contributed by atoms with Gasteiger partial charge in [0.2, 0.25) is 5.91 Å². The minimum atomic E-state index is 0.117. The van der Waals surface area contributed by atoms with Crippen LogP contribution in [0.2, 0.25) is 0 Å². The zero-order valence-corrected chi connectivity index (χ0v) is 15.3. The van der Waals surface area contributed by atoms with Crippen molar-refractivity contribution < 1.29 is 14.3 Å². The quantitative estimate of drug-likeness (QED) is 0.741. The molecule has 0 saturated carbocycles. The molecule has 5 nitrogen and oxygen atoms in total. The fraction of sp³-hybridized carbons (Fsp3) is 0.368. The maximum absolute atomic E-state index is 12.7. The zero-order chi connectivity index (χ0) is 17.6. The summed E-state index contributed by atoms with van der Waals surface area (Å²) in [7, 11) is 0. The second-order valence-electron chi connectivity index (χ2n) is 6.06. The van der Waals surface area contributed by atoms with Crippen molar-refractivity contribution in [3.05, 3.63) is 48.3 Å². The van der Waals surface area contributed by atoms with Gasteiger partial charge in [0.05, 0.1) is 5.75 Å². The lowest BCUT2D eigenvalue weighted by molar-refractivity contribution is -0.130. The molecule has 2 heterocycles. The second-order valence-corrected chi connectivity index (χ2v) is 7.11. The van der Waals surface area contributed by atoms with Crippen molar-refractivity contribution in [3.63, 3.8) is 0 Å². The summed E-state index contributed by atoms with van der Waals surface area (Å²) in [6, 6.07) is 9.83. The highest BCUT2D eigenvalue weighted by Gasteiger charge is 2.19. The number of hydrogen-bond acceptors (Lipinski definition) is 5. The monoisotopic (exact) mass is 358 g/mol. The van der Waals surface area contributed by atoms with Crippen LogP contribution in [-0.2, 0) is 11.3 Å². The molecule has 0 bridgehead atoms. The first-order valence-corrected chi connectivity index (χ1v) is 9.33. The Labute approximate surface area is 152 Å². The summed E-state index contributed by atoms with van der Waals surface area (Å²) in [5, 5.41) is 0. The number of pyridine rings is 1. The Kier molecular flexibility index (Phi) is 5.81. The van der Waals surface area contributed by atoms with Gasteiger partial charge in [0.1, 0.15) is 13.2 Å². The first kappa shape index (κ1) is 17.6. The van der Waals surface area contributed by atoms with Crippen LogP contribution in [0.25, 0.3) is 0 Å². The summed E-state index contributed by atoms with van der Waals surface area (Å²) in [5.74, 6) is 2.05. The fourth-order valence-corrected chi connectivity index (χ4v) is 3.37. The van der Waals surface area contributed by atoms with Gasteiger partial charge in [-0.05, 0) is 43.7 Å². The number of amides is 1. The SMILES string of the molecule is CC(C)N(Cc1ccc2c(c1)OCCO2)C(=O)CSc1ccncc1. The number of nitrogens with zero attached hydrogens (tertiary/aromatic N) is 2. The minimum Gasteiger partial charge on any atom is -0.486 e. The Bertz CT molecular complexity index is 722. The molecule has 0 aliphatic carbocycles. The normalized spacial score (nSPS) is 12.9. The van der Waals surface area contributed by atoms with Crippen molar-refractivity contribution in [3.8, 4) is 11.5 Å². The van der Waals surface area contributed by atoms with Gasteiger partial charge in [-0.15, -0.1) is 11.8 Å². The van der Waals surface area contributed by atoms with E-state index < -0.39 is 0 Å². The summed E-state index contributed by atoms with van der Waals surface area (Å²) in [6.45, 7) is 5.77. The van der Waals surface area contributed by atoms with Crippen LogP contribution in [0.15, 0.2) is 47.6 Å². The second kappa shape index (κ2) is 8.25. The molecule has 2 aromatic rings. The number of rotatable bonds is 6. The summed E-state index contributed by atoms with van der Waals surface area (Å²) in [6.07, 6.45) is 3.48. The average Bonchev–Trinajstić information content (AvgIpc) is 2.64. The van der Waals surface area contributed by atoms with E-state index in [0.29, 0.717) is 25.5 Å². The van der Waals surface area contributed by atoms with E-state index in [4.69, 9.17) is 9.47 Å². The molecule has 0 radical (unpaired) electrons. The minimum absolute atomic E-state index is 0.117. The van der Waals surface area contributed by atoms with E-state index in [1.165, 1.54) is 11.8 Å². The molecule has 0 saturated heterocycles. The molecule has 1 aromatic heterocycles. The van der Waals surface area contributed by atoms with Crippen molar-refractivity contribution in [1.29, 1.82) is 0 Å². The lowest BCUT2D eigenvalue weighted by Crippen LogP contribution is -2.37. The van der Waals surface area contributed by atoms with Crippen LogP contribution in [0.5, 0.6) is 11.5 Å². The molecule has 0 atom stereocenters. The first-order valence-electron chi connectivity index (χ1n) is 8.34. The third-order valence-corrected chi connectivity index (χ3v) is 4.91. The molecule has 132 valence electrons. The largest absolute Gasteiger partial charge is 0.486 e. The Morgan fingerprint density at radius 2 is 1.88 bits per heavy atom. The molecule has 0 N–H and O–H groups in total. The molecule has 3 rings (SSSR count). The number of carbonyl (C=O) groups excluding carboxylic acids is 1. The predicted octanol–water partition coefficient (Wildman–Crippen LogP) is 3.38. The zero-order valence-electron chi connectivity index (χ0n) is 14.5. The van der Waals surface area contributed by atoms with Crippen LogP contribution in [0.3, 0.4) is 0 Å². The van der Waals surface area contributed by atoms with E-state index in [1.54, 1.807) is 12.4 Å². The highest BCUT2D eigenvalue weighted by molar-refractivity contribution is 8.00. The van der Waals surface area contributed by atoms with Crippen LogP contribution in [-0.4, -0.2) is 40.8 Å². The highest BCUT2D eigenvalue weighted by atomic mass is 32.2. The summed E-state index contributed by atoms with van der Waals surface area (Å²) in [4.78, 5) is 19.6. The molecule has 6 heteroatoms. The molecule has 1 aliphatic heterocycles. The molecular weight excluding hydrogens is 336 g/mol. The number of hydrogen-bond donors (Lipinski definition) is 0. The number of aromatic nitrogens is 1. The first-order chi connectivity index (χ1) is 12.1. The van der Waals surface area contributed by atoms with Crippen LogP contribution in [0.4, 0.5) is 0 Å². The van der Waals surface area contributed by atoms with Gasteiger partial charge in [-0.2, -0.15) is 0 Å². The molecular formula is C19H22N2O3S. The van der Waals surface area contributed by atoms with Gasteiger partial charge in [-0.3, -0.25) is 9.78 Å². The lowest BCUT2D eigenvalue weighted by Gasteiger charge is -2.27. The molecule has 0 spiro atoms. The maximum Gasteiger partial charge on any atom is 0.233 e. The van der Waals surface area contributed by atoms with Gasteiger partial charge < -0.3 is 14.4 Å². The van der Waals surface area contributed by atoms with E-state index in [0.717, 1.165) is 22.0 Å². The van der Waals surface area contributed by atoms with Gasteiger partial charge in [0.15, 0.2) is 11.5 Å². The van der Waals surface area contributed by atoms with Gasteiger partial charge in [-0.1, -0.05) is 6.07 Å². The van der Waals surface area contributed by atoms with E-state index in [1.807, 2.05) is 49.1 Å². The molecule has 1 aliphatic rings. The predicted molar refractivity (Wildman–Crippen MR) is 98.1 cm³/mol. The van der Waals surface area contributed by atoms with Crippen LogP contribution in [0.1, 0.15) is 19.4 Å². The topological polar surface area (TPSA) is 51.7 Å². The van der Waals surface area contributed by atoms with Crippen molar-refractivity contribution in [2.45, 2.75) is 31.3 Å². The van der Waals surface area contributed by atoms with E-state index >= 15 is 0 Å². The van der Waals surface area contributed by atoms with Crippen molar-refractivity contribution >= 4 is 17.7 Å². The van der Waals surface area contributed by atoms with E-state index in [9.17, 15) is 4.79 Å². The van der Waals surface area contributed by atoms with Crippen molar-refractivity contribution in [2.75, 3.05) is 19.0 Å². The maximum atomic E-state index is 12.7. The third-order valence-electron chi connectivity index (χ3n) is 3.92. The number of carbonyl (C=O) groups is 1. The molecule has 0 unspecified atom stereocenters. The Morgan fingerprint density at radius 3 is 2.60 bits per heavy atom. The number of thioether (sulfide) groups is 1. The van der Waals surface area contributed by atoms with Gasteiger partial charge in [-0.25, -0.2) is 0 Å². The summed E-state index contributed by atoms with van der Waals surface area (Å²) >= 11 is 1.53. The molecule has 1 amide bonds. The molecule has 1 aromatic carbocycles. The van der Waals surface area contributed by atoms with Crippen molar-refractivity contribution in [2.24, 2.45) is 0 Å². The fourth-order valence-electron chi connectivity index (χ4n) is 2.60. The van der Waals surface area contributed by atoms with E-state index in [2.05, 4.69) is 4.98 Å². The Balaban J connectivity index is 1.65. The van der Waals surface area contributed by atoms with Crippen LogP contribution >= 0.6 is 11.8 Å². The van der Waals surface area contributed by atoms with Gasteiger partial charge in [0, 0.05) is 29.9 Å². The molecule has 25 heavy (non-hydrogen) atoms. The molecule has 0 fully saturated rings. The average molecular weight is 358 g/mol. The number of ether oxygens (including phenoxy) is 2. The van der Waals surface area contributed by atoms with Crippen LogP contribution in [0, 0.1) is 0 Å². The lowest BCUT2D eigenvalue weighted by atomic mass is 10.1. The highest BCUT2D eigenvalue weighted by Crippen LogP contribution is 2.31. The van der Waals surface area contributed by atoms with E-state index in [-0.39, 0.29) is 11.9 Å². The smallest absolute Gasteiger partial charge is 0.233 e. The van der Waals surface area contributed by atoms with Gasteiger partial charge in [0.25, 0.3) is 0 Å². The van der Waals surface area contributed by atoms with Crippen LogP contribution < -0.4 is 9.47 Å². The van der Waals surface area contributed by atoms with Gasteiger partial charge >= 0.3 is 0 Å². The summed E-state index contributed by atoms with van der Waals surface area (Å²) < 4.78 is 11.2.